The Hall–Kier alpha value is -2.23. The molecule has 4 rings (SSSR count). The summed E-state index contributed by atoms with van der Waals surface area (Å²) in [6.45, 7) is 2.69. The summed E-state index contributed by atoms with van der Waals surface area (Å²) in [4.78, 5) is 36.3. The second-order valence-electron chi connectivity index (χ2n) is 15.1. The topological polar surface area (TPSA) is 334 Å². The molecular formula is C35H60N2O20. The van der Waals surface area contributed by atoms with Crippen molar-refractivity contribution in [1.82, 2.24) is 5.32 Å². The number of carboxylic acids is 2. The summed E-state index contributed by atoms with van der Waals surface area (Å²) in [7, 11) is 2.65. The van der Waals surface area contributed by atoms with Crippen molar-refractivity contribution >= 4 is 17.8 Å². The molecule has 0 saturated carbocycles. The number of rotatable bonds is 18. The summed E-state index contributed by atoms with van der Waals surface area (Å²) in [6.07, 6.45) is -18.6. The van der Waals surface area contributed by atoms with E-state index in [2.05, 4.69) is 5.32 Å². The molecule has 57 heavy (non-hydrogen) atoms. The highest BCUT2D eigenvalue weighted by molar-refractivity contribution is 5.74. The van der Waals surface area contributed by atoms with Gasteiger partial charge in [0.05, 0.1) is 101 Å². The summed E-state index contributed by atoms with van der Waals surface area (Å²) < 4.78 is 50.7. The van der Waals surface area contributed by atoms with Crippen molar-refractivity contribution in [1.29, 1.82) is 0 Å². The number of amides is 1. The van der Waals surface area contributed by atoms with E-state index in [1.807, 2.05) is 0 Å². The molecule has 0 aromatic heterocycles. The maximum Gasteiger partial charge on any atom is 0.335 e. The van der Waals surface area contributed by atoms with Crippen molar-refractivity contribution in [3.8, 4) is 0 Å². The van der Waals surface area contributed by atoms with Crippen LogP contribution >= 0.6 is 0 Å². The predicted molar refractivity (Wildman–Crippen MR) is 188 cm³/mol. The number of hydrogen-bond donors (Lipinski definition) is 10. The van der Waals surface area contributed by atoms with Gasteiger partial charge in [0.25, 0.3) is 0 Å². The molecule has 0 spiro atoms. The largest absolute Gasteiger partial charge is 0.479 e. The number of aliphatic carboxylic acids is 2. The Labute approximate surface area is 329 Å². The van der Waals surface area contributed by atoms with Crippen LogP contribution in [0.1, 0.15) is 20.8 Å². The second kappa shape index (κ2) is 21.3. The molecule has 20 atom stereocenters. The number of nitrogens with one attached hydrogen (secondary N) is 1. The number of methoxy groups -OCH3 is 2. The molecule has 0 aliphatic carbocycles. The minimum Gasteiger partial charge on any atom is -0.479 e. The Kier molecular flexibility index (Phi) is 17.8. The van der Waals surface area contributed by atoms with Crippen LogP contribution in [0.2, 0.25) is 0 Å². The van der Waals surface area contributed by atoms with Gasteiger partial charge in [-0.2, -0.15) is 0 Å². The van der Waals surface area contributed by atoms with E-state index < -0.39 is 159 Å². The Morgan fingerprint density at radius 3 is 1.82 bits per heavy atom. The van der Waals surface area contributed by atoms with Crippen LogP contribution in [0.15, 0.2) is 0 Å². The molecular weight excluding hydrogens is 768 g/mol. The van der Waals surface area contributed by atoms with E-state index >= 15 is 0 Å². The molecule has 4 saturated heterocycles. The van der Waals surface area contributed by atoms with Gasteiger partial charge in [0, 0.05) is 38.9 Å². The Balaban J connectivity index is 1.37. The highest BCUT2D eigenvalue weighted by atomic mass is 16.6. The Bertz CT molecular complexity index is 1300. The Morgan fingerprint density at radius 1 is 0.649 bits per heavy atom. The molecule has 4 aliphatic rings. The van der Waals surface area contributed by atoms with Gasteiger partial charge in [-0.3, -0.25) is 4.79 Å². The summed E-state index contributed by atoms with van der Waals surface area (Å²) in [5, 5.41) is 86.9. The van der Waals surface area contributed by atoms with Crippen molar-refractivity contribution in [2.45, 2.75) is 124 Å². The van der Waals surface area contributed by atoms with E-state index in [9.17, 15) is 55.2 Å². The molecule has 11 N–H and O–H groups in total. The number of carboxylic acid groups (broad SMARTS) is 2. The van der Waals surface area contributed by atoms with Crippen molar-refractivity contribution in [2.24, 2.45) is 23.5 Å². The molecule has 330 valence electrons. The number of nitrogens with two attached hydrogens (primary N) is 1. The second-order valence-corrected chi connectivity index (χ2v) is 15.1. The molecule has 8 unspecified atom stereocenters. The molecule has 0 aromatic carbocycles. The molecule has 4 fully saturated rings. The fourth-order valence-corrected chi connectivity index (χ4v) is 7.91. The summed E-state index contributed by atoms with van der Waals surface area (Å²) in [5.41, 5.74) is 6.15. The third kappa shape index (κ3) is 11.1. The van der Waals surface area contributed by atoms with Gasteiger partial charge in [-0.1, -0.05) is 6.92 Å². The van der Waals surface area contributed by atoms with Gasteiger partial charge in [0.15, 0.2) is 12.2 Å². The van der Waals surface area contributed by atoms with E-state index in [4.69, 9.17) is 48.4 Å². The normalized spacial score (nSPS) is 44.0. The summed E-state index contributed by atoms with van der Waals surface area (Å²) in [6, 6.07) is -1.92. The fraction of sp³-hybridized carbons (Fsp3) is 0.914. The molecule has 4 aliphatic heterocycles. The Morgan fingerprint density at radius 2 is 1.25 bits per heavy atom. The smallest absolute Gasteiger partial charge is 0.335 e. The van der Waals surface area contributed by atoms with Gasteiger partial charge in [0.1, 0.15) is 36.6 Å². The standard InChI is InChI=1S/C35H60N2O20/c1-13-19(10-51-7-16-14(2)54-20(9-49-4)23(36)26(16)41)56-33(35(47)48)31(25(13)40)53-12-21-24(37-15(3)39)27(42)17(18(6-38)55-21)8-52-11-22-28(43)29(44)30(50-5)32(57-22)34(45)46/h13-14,16-33,38,40-44H,6-12,36H2,1-5H3,(H,37,39)(H,45,46)(H,47,48)/t13?,14?,16-,17-,18?,19+,20-,21-,22+,23?,24?,25+,26-,27-,28?,29+,30+,31-,32?,33?/m1/s1. The van der Waals surface area contributed by atoms with Crippen LogP contribution in [0.5, 0.6) is 0 Å². The first kappa shape index (κ1) is 47.4. The SMILES string of the molecule is COC[C@H]1OC(C)[C@@H](COC[C@@H]2OC(C(=O)O)[C@H](OC[C@H]3OC(CO)[C@@H](COC[C@@H]4OC(C(=O)O)[C@@H](OC)[C@@H](O)C4O)[C@@H](O)C3NC(C)=O)[C@@H](O)C2C)[C@@H](O)C1N. The first-order valence-electron chi connectivity index (χ1n) is 18.9. The summed E-state index contributed by atoms with van der Waals surface area (Å²) in [5.74, 6) is -5.71. The van der Waals surface area contributed by atoms with Gasteiger partial charge in [-0.15, -0.1) is 0 Å². The van der Waals surface area contributed by atoms with Gasteiger partial charge in [-0.05, 0) is 6.92 Å². The molecule has 22 heteroatoms. The highest BCUT2D eigenvalue weighted by Gasteiger charge is 2.51. The minimum atomic E-state index is -1.69. The van der Waals surface area contributed by atoms with E-state index in [-0.39, 0.29) is 26.4 Å². The average molecular weight is 829 g/mol. The fourth-order valence-electron chi connectivity index (χ4n) is 7.91. The van der Waals surface area contributed by atoms with Crippen LogP contribution in [-0.2, 0) is 57.0 Å². The number of ether oxygens (including phenoxy) is 9. The maximum absolute atomic E-state index is 12.4. The van der Waals surface area contributed by atoms with Crippen molar-refractivity contribution in [3.05, 3.63) is 0 Å². The predicted octanol–water partition coefficient (Wildman–Crippen LogP) is -5.18. The third-order valence-corrected chi connectivity index (χ3v) is 11.3. The highest BCUT2D eigenvalue weighted by Crippen LogP contribution is 2.33. The van der Waals surface area contributed by atoms with E-state index in [1.54, 1.807) is 13.8 Å². The molecule has 1 amide bonds. The van der Waals surface area contributed by atoms with Crippen LogP contribution in [-0.4, -0.2) is 223 Å². The zero-order valence-electron chi connectivity index (χ0n) is 32.6. The van der Waals surface area contributed by atoms with Crippen LogP contribution in [0.3, 0.4) is 0 Å². The quantitative estimate of drug-likeness (QED) is 0.0617. The van der Waals surface area contributed by atoms with Gasteiger partial charge in [0.2, 0.25) is 5.91 Å². The number of aliphatic hydroxyl groups is 6. The monoisotopic (exact) mass is 828 g/mol. The lowest BCUT2D eigenvalue weighted by Gasteiger charge is -2.46. The maximum atomic E-state index is 12.4. The number of hydrogen-bond acceptors (Lipinski definition) is 19. The average Bonchev–Trinajstić information content (AvgIpc) is 3.16. The van der Waals surface area contributed by atoms with Crippen LogP contribution in [0, 0.1) is 17.8 Å². The minimum absolute atomic E-state index is 0.000545. The third-order valence-electron chi connectivity index (χ3n) is 11.3. The lowest BCUT2D eigenvalue weighted by molar-refractivity contribution is -0.251. The molecule has 4 heterocycles. The molecule has 22 nitrogen and oxygen atoms in total. The van der Waals surface area contributed by atoms with Crippen molar-refractivity contribution in [2.75, 3.05) is 60.5 Å². The van der Waals surface area contributed by atoms with Crippen molar-refractivity contribution < 1.29 is 97.9 Å². The lowest BCUT2D eigenvalue weighted by Crippen LogP contribution is -2.65. The summed E-state index contributed by atoms with van der Waals surface area (Å²) >= 11 is 0. The van der Waals surface area contributed by atoms with Crippen LogP contribution < -0.4 is 11.1 Å². The van der Waals surface area contributed by atoms with Gasteiger partial charge < -0.3 is 94.5 Å². The van der Waals surface area contributed by atoms with Gasteiger partial charge >= 0.3 is 11.9 Å². The molecule has 0 bridgehead atoms. The van der Waals surface area contributed by atoms with Crippen LogP contribution in [0.4, 0.5) is 0 Å². The molecule has 0 radical (unpaired) electrons. The van der Waals surface area contributed by atoms with Crippen LogP contribution in [0.25, 0.3) is 0 Å². The number of carbonyl (C=O) groups is 3. The number of aliphatic hydroxyl groups excluding tert-OH is 6. The van der Waals surface area contributed by atoms with E-state index in [1.165, 1.54) is 14.0 Å². The zero-order chi connectivity index (χ0) is 42.3. The van der Waals surface area contributed by atoms with E-state index in [0.717, 1.165) is 7.11 Å². The lowest BCUT2D eigenvalue weighted by atomic mass is 9.85. The molecule has 0 aromatic rings. The first-order valence-corrected chi connectivity index (χ1v) is 18.9. The van der Waals surface area contributed by atoms with E-state index in [0.29, 0.717) is 0 Å². The van der Waals surface area contributed by atoms with Gasteiger partial charge in [-0.25, -0.2) is 9.59 Å². The number of carbonyl (C=O) groups excluding carboxylic acids is 1. The first-order chi connectivity index (χ1) is 27.0. The van der Waals surface area contributed by atoms with Crippen molar-refractivity contribution in [3.63, 3.8) is 0 Å². The zero-order valence-corrected chi connectivity index (χ0v) is 32.6.